The second-order valence-corrected chi connectivity index (χ2v) is 5.96. The summed E-state index contributed by atoms with van der Waals surface area (Å²) in [6.07, 6.45) is -2.93. The van der Waals surface area contributed by atoms with Crippen LogP contribution in [-0.2, 0) is 20.5 Å². The number of anilines is 1. The molecular formula is C19H15ClF3NO3. The molecule has 2 aromatic carbocycles. The lowest BCUT2D eigenvalue weighted by molar-refractivity contribution is -0.148. The SMILES string of the molecule is C[C@H](OC(=O)/C=C/c1ccc(Cl)cc1)C(=O)Nc1ccc(C(F)(F)F)cc1. The molecule has 2 aromatic rings. The van der Waals surface area contributed by atoms with Crippen LogP contribution in [0.4, 0.5) is 18.9 Å². The Morgan fingerprint density at radius 1 is 1.07 bits per heavy atom. The summed E-state index contributed by atoms with van der Waals surface area (Å²) in [5.41, 5.74) is 0.0538. The van der Waals surface area contributed by atoms with E-state index in [9.17, 15) is 22.8 Å². The van der Waals surface area contributed by atoms with Crippen LogP contribution in [0.2, 0.25) is 5.02 Å². The molecule has 0 heterocycles. The third-order valence-electron chi connectivity index (χ3n) is 3.42. The molecule has 142 valence electrons. The molecule has 1 atom stereocenters. The molecule has 1 amide bonds. The van der Waals surface area contributed by atoms with Gasteiger partial charge in [0.1, 0.15) is 0 Å². The van der Waals surface area contributed by atoms with Gasteiger partial charge in [-0.15, -0.1) is 0 Å². The average Bonchev–Trinajstić information content (AvgIpc) is 2.61. The smallest absolute Gasteiger partial charge is 0.416 e. The van der Waals surface area contributed by atoms with Crippen LogP contribution in [0.5, 0.6) is 0 Å². The average molecular weight is 398 g/mol. The summed E-state index contributed by atoms with van der Waals surface area (Å²) >= 11 is 5.76. The quantitative estimate of drug-likeness (QED) is 0.574. The highest BCUT2D eigenvalue weighted by Gasteiger charge is 2.30. The minimum absolute atomic E-state index is 0.160. The van der Waals surface area contributed by atoms with Crippen LogP contribution >= 0.6 is 11.6 Å². The number of esters is 1. The molecule has 0 radical (unpaired) electrons. The summed E-state index contributed by atoms with van der Waals surface area (Å²) in [6, 6.07) is 10.7. The molecule has 2 rings (SSSR count). The molecule has 0 aliphatic carbocycles. The van der Waals surface area contributed by atoms with Gasteiger partial charge in [0.15, 0.2) is 6.10 Å². The van der Waals surface area contributed by atoms with Gasteiger partial charge >= 0.3 is 12.1 Å². The number of hydrogen-bond donors (Lipinski definition) is 1. The Morgan fingerprint density at radius 3 is 2.22 bits per heavy atom. The summed E-state index contributed by atoms with van der Waals surface area (Å²) < 4.78 is 42.5. The molecule has 0 fully saturated rings. The standard InChI is InChI=1S/C19H15ClF3NO3/c1-12(27-17(25)11-4-13-2-7-15(20)8-3-13)18(26)24-16-9-5-14(6-10-16)19(21,22)23/h2-12H,1H3,(H,24,26)/b11-4+/t12-/m0/s1. The molecule has 0 aliphatic heterocycles. The van der Waals surface area contributed by atoms with Gasteiger partial charge in [-0.1, -0.05) is 23.7 Å². The molecule has 8 heteroatoms. The van der Waals surface area contributed by atoms with E-state index in [1.807, 2.05) is 0 Å². The number of benzene rings is 2. The number of carbonyl (C=O) groups is 2. The van der Waals surface area contributed by atoms with Crippen molar-refractivity contribution in [3.63, 3.8) is 0 Å². The first-order valence-electron chi connectivity index (χ1n) is 7.77. The summed E-state index contributed by atoms with van der Waals surface area (Å²) in [6.45, 7) is 1.35. The summed E-state index contributed by atoms with van der Waals surface area (Å²) in [5.74, 6) is -1.40. The van der Waals surface area contributed by atoms with E-state index in [0.29, 0.717) is 5.02 Å². The summed E-state index contributed by atoms with van der Waals surface area (Å²) in [7, 11) is 0. The van der Waals surface area contributed by atoms with Gasteiger partial charge in [0, 0.05) is 16.8 Å². The van der Waals surface area contributed by atoms with Crippen molar-refractivity contribution in [2.24, 2.45) is 0 Å². The van der Waals surface area contributed by atoms with E-state index in [0.717, 1.165) is 35.9 Å². The van der Waals surface area contributed by atoms with Crippen molar-refractivity contribution < 1.29 is 27.5 Å². The summed E-state index contributed by atoms with van der Waals surface area (Å²) in [4.78, 5) is 23.8. The van der Waals surface area contributed by atoms with Crippen LogP contribution < -0.4 is 5.32 Å². The van der Waals surface area contributed by atoms with Crippen molar-refractivity contribution in [1.82, 2.24) is 0 Å². The van der Waals surface area contributed by atoms with E-state index in [2.05, 4.69) is 5.32 Å². The van der Waals surface area contributed by atoms with Crippen LogP contribution in [0, 0.1) is 0 Å². The van der Waals surface area contributed by atoms with Crippen LogP contribution in [0.25, 0.3) is 6.08 Å². The predicted molar refractivity (Wildman–Crippen MR) is 96.1 cm³/mol. The Bertz CT molecular complexity index is 831. The largest absolute Gasteiger partial charge is 0.449 e. The van der Waals surface area contributed by atoms with Gasteiger partial charge in [-0.25, -0.2) is 4.79 Å². The van der Waals surface area contributed by atoms with Crippen molar-refractivity contribution >= 4 is 35.2 Å². The number of halogens is 4. The molecule has 1 N–H and O–H groups in total. The van der Waals surface area contributed by atoms with Gasteiger partial charge in [0.2, 0.25) is 0 Å². The highest BCUT2D eigenvalue weighted by Crippen LogP contribution is 2.29. The van der Waals surface area contributed by atoms with Gasteiger partial charge in [-0.05, 0) is 55.0 Å². The maximum absolute atomic E-state index is 12.5. The zero-order chi connectivity index (χ0) is 20.0. The van der Waals surface area contributed by atoms with Crippen molar-refractivity contribution in [2.45, 2.75) is 19.2 Å². The van der Waals surface area contributed by atoms with Crippen molar-refractivity contribution in [3.8, 4) is 0 Å². The molecule has 0 spiro atoms. The number of nitrogens with one attached hydrogen (secondary N) is 1. The normalized spacial score (nSPS) is 12.6. The van der Waals surface area contributed by atoms with Gasteiger partial charge < -0.3 is 10.1 Å². The Labute approximate surface area is 158 Å². The lowest BCUT2D eigenvalue weighted by atomic mass is 10.2. The van der Waals surface area contributed by atoms with E-state index in [-0.39, 0.29) is 5.69 Å². The number of carbonyl (C=O) groups excluding carboxylic acids is 2. The van der Waals surface area contributed by atoms with E-state index in [4.69, 9.17) is 16.3 Å². The van der Waals surface area contributed by atoms with Crippen LogP contribution in [0.15, 0.2) is 54.6 Å². The number of rotatable bonds is 5. The lowest BCUT2D eigenvalue weighted by Crippen LogP contribution is -2.29. The fourth-order valence-corrected chi connectivity index (χ4v) is 2.12. The highest BCUT2D eigenvalue weighted by atomic mass is 35.5. The van der Waals surface area contributed by atoms with Gasteiger partial charge in [-0.3, -0.25) is 4.79 Å². The first kappa shape index (κ1) is 20.5. The Morgan fingerprint density at radius 2 is 1.67 bits per heavy atom. The van der Waals surface area contributed by atoms with E-state index < -0.39 is 29.7 Å². The molecular weight excluding hydrogens is 383 g/mol. The first-order chi connectivity index (χ1) is 12.6. The minimum atomic E-state index is -4.46. The second kappa shape index (κ2) is 8.73. The molecule has 0 saturated carbocycles. The van der Waals surface area contributed by atoms with Gasteiger partial charge in [0.25, 0.3) is 5.91 Å². The predicted octanol–water partition coefficient (Wildman–Crippen LogP) is 4.94. The monoisotopic (exact) mass is 397 g/mol. The Kier molecular flexibility index (Phi) is 6.63. The minimum Gasteiger partial charge on any atom is -0.449 e. The lowest BCUT2D eigenvalue weighted by Gasteiger charge is -2.13. The molecule has 0 unspecified atom stereocenters. The van der Waals surface area contributed by atoms with E-state index in [1.54, 1.807) is 24.3 Å². The molecule has 0 bridgehead atoms. The highest BCUT2D eigenvalue weighted by molar-refractivity contribution is 6.30. The summed E-state index contributed by atoms with van der Waals surface area (Å²) in [5, 5.41) is 2.94. The van der Waals surface area contributed by atoms with E-state index in [1.165, 1.54) is 13.0 Å². The first-order valence-corrected chi connectivity index (χ1v) is 8.15. The van der Waals surface area contributed by atoms with Gasteiger partial charge in [-0.2, -0.15) is 13.2 Å². The number of hydrogen-bond acceptors (Lipinski definition) is 3. The van der Waals surface area contributed by atoms with Crippen LogP contribution in [-0.4, -0.2) is 18.0 Å². The number of ether oxygens (including phenoxy) is 1. The third-order valence-corrected chi connectivity index (χ3v) is 3.68. The van der Waals surface area contributed by atoms with Crippen LogP contribution in [0.3, 0.4) is 0 Å². The van der Waals surface area contributed by atoms with Crippen molar-refractivity contribution in [1.29, 1.82) is 0 Å². The molecule has 0 aromatic heterocycles. The molecule has 27 heavy (non-hydrogen) atoms. The van der Waals surface area contributed by atoms with Crippen molar-refractivity contribution in [2.75, 3.05) is 5.32 Å². The number of amides is 1. The van der Waals surface area contributed by atoms with Crippen molar-refractivity contribution in [3.05, 3.63) is 70.8 Å². The zero-order valence-electron chi connectivity index (χ0n) is 14.1. The second-order valence-electron chi connectivity index (χ2n) is 5.53. The van der Waals surface area contributed by atoms with E-state index >= 15 is 0 Å². The molecule has 0 aliphatic rings. The van der Waals surface area contributed by atoms with Crippen LogP contribution in [0.1, 0.15) is 18.1 Å². The molecule has 4 nitrogen and oxygen atoms in total. The maximum atomic E-state index is 12.5. The number of alkyl halides is 3. The zero-order valence-corrected chi connectivity index (χ0v) is 14.8. The molecule has 0 saturated heterocycles. The Balaban J connectivity index is 1.89. The fourth-order valence-electron chi connectivity index (χ4n) is 1.99. The maximum Gasteiger partial charge on any atom is 0.416 e. The third kappa shape index (κ3) is 6.45. The fraction of sp³-hybridized carbons (Fsp3) is 0.158. The Hall–Kier alpha value is -2.80. The van der Waals surface area contributed by atoms with Gasteiger partial charge in [0.05, 0.1) is 5.56 Å². The topological polar surface area (TPSA) is 55.4 Å².